The largest absolute Gasteiger partial charge is 0.509 e. The van der Waals surface area contributed by atoms with Crippen LogP contribution in [0.5, 0.6) is 0 Å². The highest BCUT2D eigenvalue weighted by atomic mass is 16.8. The number of ketones is 1. The molecule has 2 aliphatic rings. The van der Waals surface area contributed by atoms with Crippen LogP contribution in [0, 0.1) is 0 Å². The SMILES string of the molecule is CC(OCC1COC(=O)O1)C(=O)C1COC(=O)O1. The molecule has 0 bridgehead atoms. The van der Waals surface area contributed by atoms with Crippen LogP contribution in [0.4, 0.5) is 9.59 Å². The number of cyclic esters (lactones) is 4. The van der Waals surface area contributed by atoms with Gasteiger partial charge in [0.05, 0.1) is 6.61 Å². The molecule has 2 fully saturated rings. The zero-order chi connectivity index (χ0) is 13.1. The Kier molecular flexibility index (Phi) is 3.66. The zero-order valence-electron chi connectivity index (χ0n) is 9.62. The van der Waals surface area contributed by atoms with E-state index < -0.39 is 36.4 Å². The minimum Gasteiger partial charge on any atom is -0.430 e. The molecule has 0 N–H and O–H groups in total. The molecule has 0 aromatic carbocycles. The molecule has 0 radical (unpaired) electrons. The van der Waals surface area contributed by atoms with Crippen molar-refractivity contribution in [2.24, 2.45) is 0 Å². The molecule has 8 nitrogen and oxygen atoms in total. The first-order valence-corrected chi connectivity index (χ1v) is 5.38. The average Bonchev–Trinajstić information content (AvgIpc) is 2.94. The van der Waals surface area contributed by atoms with Crippen molar-refractivity contribution in [1.82, 2.24) is 0 Å². The number of ether oxygens (including phenoxy) is 5. The van der Waals surface area contributed by atoms with Crippen molar-refractivity contribution in [3.05, 3.63) is 0 Å². The molecule has 0 aliphatic carbocycles. The molecule has 2 saturated heterocycles. The van der Waals surface area contributed by atoms with Crippen molar-refractivity contribution in [2.75, 3.05) is 19.8 Å². The van der Waals surface area contributed by atoms with E-state index in [1.807, 2.05) is 0 Å². The lowest BCUT2D eigenvalue weighted by Gasteiger charge is -2.15. The molecule has 0 saturated carbocycles. The number of carbonyl (C=O) groups excluding carboxylic acids is 3. The second-order valence-electron chi connectivity index (χ2n) is 3.85. The van der Waals surface area contributed by atoms with Crippen LogP contribution in [-0.2, 0) is 28.5 Å². The molecular formula is C10H12O8. The summed E-state index contributed by atoms with van der Waals surface area (Å²) in [6, 6.07) is 0. The van der Waals surface area contributed by atoms with Crippen molar-refractivity contribution < 1.29 is 38.1 Å². The maximum atomic E-state index is 11.7. The second kappa shape index (κ2) is 5.21. The van der Waals surface area contributed by atoms with Crippen LogP contribution >= 0.6 is 0 Å². The summed E-state index contributed by atoms with van der Waals surface area (Å²) in [7, 11) is 0. The predicted molar refractivity (Wildman–Crippen MR) is 52.9 cm³/mol. The molecule has 2 rings (SSSR count). The van der Waals surface area contributed by atoms with E-state index >= 15 is 0 Å². The van der Waals surface area contributed by atoms with Crippen LogP contribution in [0.25, 0.3) is 0 Å². The van der Waals surface area contributed by atoms with E-state index in [2.05, 4.69) is 14.2 Å². The van der Waals surface area contributed by atoms with Crippen molar-refractivity contribution in [2.45, 2.75) is 25.2 Å². The number of hydrogen-bond donors (Lipinski definition) is 0. The lowest BCUT2D eigenvalue weighted by Crippen LogP contribution is -2.35. The van der Waals surface area contributed by atoms with E-state index in [4.69, 9.17) is 9.47 Å². The highest BCUT2D eigenvalue weighted by Gasteiger charge is 2.35. The Bertz CT molecular complexity index is 365. The summed E-state index contributed by atoms with van der Waals surface area (Å²) in [4.78, 5) is 33.0. The lowest BCUT2D eigenvalue weighted by molar-refractivity contribution is -0.137. The number of hydrogen-bond acceptors (Lipinski definition) is 8. The summed E-state index contributed by atoms with van der Waals surface area (Å²) in [6.45, 7) is 1.56. The minimum atomic E-state index is -0.935. The standard InChI is InChI=1S/C10H12O8/c1-5(8(11)7-4-16-10(13)18-7)14-2-6-3-15-9(12)17-6/h5-7H,2-4H2,1H3. The van der Waals surface area contributed by atoms with E-state index in [1.54, 1.807) is 0 Å². The molecule has 0 amide bonds. The summed E-state index contributed by atoms with van der Waals surface area (Å²) in [5, 5.41) is 0. The van der Waals surface area contributed by atoms with Gasteiger partial charge in [0.2, 0.25) is 5.78 Å². The molecule has 3 atom stereocenters. The van der Waals surface area contributed by atoms with Gasteiger partial charge >= 0.3 is 12.3 Å². The maximum Gasteiger partial charge on any atom is 0.509 e. The minimum absolute atomic E-state index is 0.0418. The molecule has 8 heteroatoms. The Morgan fingerprint density at radius 3 is 2.50 bits per heavy atom. The van der Waals surface area contributed by atoms with Gasteiger partial charge < -0.3 is 23.7 Å². The molecule has 0 aromatic heterocycles. The summed E-state index contributed by atoms with van der Waals surface area (Å²) < 4.78 is 23.6. The normalized spacial score (nSPS) is 28.1. The van der Waals surface area contributed by atoms with Crippen LogP contribution in [0.15, 0.2) is 0 Å². The summed E-state index contributed by atoms with van der Waals surface area (Å²) in [5.41, 5.74) is 0. The third-order valence-corrected chi connectivity index (χ3v) is 2.49. The molecule has 2 aliphatic heterocycles. The van der Waals surface area contributed by atoms with Gasteiger partial charge in [-0.1, -0.05) is 0 Å². The molecule has 0 aromatic rings. The maximum absolute atomic E-state index is 11.7. The van der Waals surface area contributed by atoms with Gasteiger partial charge in [-0.2, -0.15) is 0 Å². The Morgan fingerprint density at radius 1 is 1.28 bits per heavy atom. The van der Waals surface area contributed by atoms with Gasteiger partial charge in [0.25, 0.3) is 0 Å². The second-order valence-corrected chi connectivity index (χ2v) is 3.85. The monoisotopic (exact) mass is 260 g/mol. The molecule has 18 heavy (non-hydrogen) atoms. The van der Waals surface area contributed by atoms with Crippen molar-refractivity contribution in [1.29, 1.82) is 0 Å². The summed E-state index contributed by atoms with van der Waals surface area (Å²) in [6.07, 6.45) is -3.85. The molecular weight excluding hydrogens is 248 g/mol. The van der Waals surface area contributed by atoms with E-state index in [-0.39, 0.29) is 19.8 Å². The Morgan fingerprint density at radius 2 is 1.94 bits per heavy atom. The fraction of sp³-hybridized carbons (Fsp3) is 0.700. The fourth-order valence-corrected chi connectivity index (χ4v) is 1.51. The first kappa shape index (κ1) is 12.6. The van der Waals surface area contributed by atoms with Crippen molar-refractivity contribution >= 4 is 18.1 Å². The number of rotatable bonds is 5. The Labute approximate surface area is 102 Å². The molecule has 100 valence electrons. The van der Waals surface area contributed by atoms with Crippen LogP contribution in [0.1, 0.15) is 6.92 Å². The number of Topliss-reactive ketones (excluding diaryl/α,β-unsaturated/α-hetero) is 1. The summed E-state index contributed by atoms with van der Waals surface area (Å²) in [5.74, 6) is -0.397. The third kappa shape index (κ3) is 2.89. The Hall–Kier alpha value is -1.83. The van der Waals surface area contributed by atoms with Crippen molar-refractivity contribution in [3.63, 3.8) is 0 Å². The van der Waals surface area contributed by atoms with E-state index in [0.717, 1.165) is 0 Å². The van der Waals surface area contributed by atoms with E-state index in [1.165, 1.54) is 6.92 Å². The third-order valence-electron chi connectivity index (χ3n) is 2.49. The van der Waals surface area contributed by atoms with E-state index in [9.17, 15) is 14.4 Å². The number of carbonyl (C=O) groups is 3. The van der Waals surface area contributed by atoms with Crippen LogP contribution < -0.4 is 0 Å². The fourth-order valence-electron chi connectivity index (χ4n) is 1.51. The molecule has 0 spiro atoms. The van der Waals surface area contributed by atoms with Gasteiger partial charge in [-0.3, -0.25) is 4.79 Å². The first-order valence-electron chi connectivity index (χ1n) is 5.38. The highest BCUT2D eigenvalue weighted by Crippen LogP contribution is 2.12. The van der Waals surface area contributed by atoms with Gasteiger partial charge in [-0.15, -0.1) is 0 Å². The van der Waals surface area contributed by atoms with Crippen LogP contribution in [0.3, 0.4) is 0 Å². The van der Waals surface area contributed by atoms with E-state index in [0.29, 0.717) is 0 Å². The van der Waals surface area contributed by atoms with Crippen LogP contribution in [-0.4, -0.2) is 56.2 Å². The zero-order valence-corrected chi connectivity index (χ0v) is 9.62. The Balaban J connectivity index is 1.74. The van der Waals surface area contributed by atoms with Gasteiger partial charge in [-0.05, 0) is 6.92 Å². The molecule has 3 unspecified atom stereocenters. The lowest BCUT2D eigenvalue weighted by atomic mass is 10.1. The quantitative estimate of drug-likeness (QED) is 0.638. The first-order chi connectivity index (χ1) is 8.56. The van der Waals surface area contributed by atoms with Gasteiger partial charge in [-0.25, -0.2) is 9.59 Å². The summed E-state index contributed by atoms with van der Waals surface area (Å²) >= 11 is 0. The van der Waals surface area contributed by atoms with Crippen LogP contribution in [0.2, 0.25) is 0 Å². The smallest absolute Gasteiger partial charge is 0.430 e. The molecule has 2 heterocycles. The topological polar surface area (TPSA) is 97.4 Å². The van der Waals surface area contributed by atoms with Crippen molar-refractivity contribution in [3.8, 4) is 0 Å². The van der Waals surface area contributed by atoms with Gasteiger partial charge in [0, 0.05) is 0 Å². The van der Waals surface area contributed by atoms with Gasteiger partial charge in [0.15, 0.2) is 12.2 Å². The highest BCUT2D eigenvalue weighted by molar-refractivity contribution is 5.89. The van der Waals surface area contributed by atoms with Gasteiger partial charge in [0.1, 0.15) is 19.3 Å². The average molecular weight is 260 g/mol. The predicted octanol–water partition coefficient (Wildman–Crippen LogP) is 0.0314.